The van der Waals surface area contributed by atoms with E-state index in [1.54, 1.807) is 12.1 Å². The summed E-state index contributed by atoms with van der Waals surface area (Å²) in [6, 6.07) is 9.17. The zero-order chi connectivity index (χ0) is 24.9. The minimum Gasteiger partial charge on any atom is -0.507 e. The smallest absolute Gasteiger partial charge is 0.453 e. The van der Waals surface area contributed by atoms with Crippen LogP contribution in [-0.4, -0.2) is 18.2 Å². The molecule has 0 radical (unpaired) electrons. The van der Waals surface area contributed by atoms with Crippen molar-refractivity contribution in [3.63, 3.8) is 0 Å². The van der Waals surface area contributed by atoms with Crippen LogP contribution in [0.1, 0.15) is 56.9 Å². The number of hydrogen-bond acceptors (Lipinski definition) is 4. The van der Waals surface area contributed by atoms with Crippen LogP contribution in [0.2, 0.25) is 0 Å². The summed E-state index contributed by atoms with van der Waals surface area (Å²) in [5.74, 6) is -2.51. The van der Waals surface area contributed by atoms with Crippen LogP contribution in [0.4, 0.5) is 13.2 Å². The Morgan fingerprint density at radius 1 is 0.971 bits per heavy atom. The highest BCUT2D eigenvalue weighted by Gasteiger charge is 2.41. The maximum absolute atomic E-state index is 14.0. The molecule has 0 aliphatic rings. The van der Waals surface area contributed by atoms with E-state index in [0.717, 1.165) is 49.2 Å². The van der Waals surface area contributed by atoms with Gasteiger partial charge in [-0.3, -0.25) is 4.79 Å². The van der Waals surface area contributed by atoms with E-state index < -0.39 is 23.1 Å². The van der Waals surface area contributed by atoms with E-state index in [4.69, 9.17) is 9.15 Å². The molecule has 0 aliphatic carbocycles. The summed E-state index contributed by atoms with van der Waals surface area (Å²) in [5.41, 5.74) is 0.0166. The monoisotopic (exact) mass is 478 g/mol. The van der Waals surface area contributed by atoms with Crippen molar-refractivity contribution >= 4 is 11.0 Å². The predicted molar refractivity (Wildman–Crippen MR) is 125 cm³/mol. The number of alkyl halides is 3. The fourth-order valence-electron chi connectivity index (χ4n) is 4.13. The largest absolute Gasteiger partial charge is 0.507 e. The van der Waals surface area contributed by atoms with Crippen LogP contribution < -0.4 is 15.1 Å². The van der Waals surface area contributed by atoms with Gasteiger partial charge in [-0.25, -0.2) is 0 Å². The average Bonchev–Trinajstić information content (AvgIpc) is 2.78. The number of phenols is 1. The molecule has 3 rings (SSSR count). The third-order valence-electron chi connectivity index (χ3n) is 5.67. The molecule has 0 saturated heterocycles. The molecule has 0 saturated carbocycles. The number of ether oxygens (including phenoxy) is 1. The van der Waals surface area contributed by atoms with Crippen molar-refractivity contribution in [3.8, 4) is 17.2 Å². The molecule has 3 aromatic rings. The van der Waals surface area contributed by atoms with Crippen LogP contribution in [-0.2, 0) is 19.1 Å². The first-order valence-electron chi connectivity index (χ1n) is 11.7. The van der Waals surface area contributed by atoms with E-state index in [1.807, 2.05) is 20.8 Å². The Kier molecular flexibility index (Phi) is 8.25. The van der Waals surface area contributed by atoms with Gasteiger partial charge in [0, 0.05) is 0 Å². The van der Waals surface area contributed by atoms with Gasteiger partial charge in [0.05, 0.1) is 24.0 Å². The molecule has 184 valence electrons. The highest BCUT2D eigenvalue weighted by molar-refractivity contribution is 5.83. The summed E-state index contributed by atoms with van der Waals surface area (Å²) >= 11 is 0. The zero-order valence-electron chi connectivity index (χ0n) is 19.7. The lowest BCUT2D eigenvalue weighted by Gasteiger charge is -2.20. The number of aromatic hydroxyl groups is 1. The molecule has 2 aromatic carbocycles. The number of fused-ring (bicyclic) bond motifs is 1. The minimum atomic E-state index is -4.97. The predicted octanol–water partition coefficient (Wildman–Crippen LogP) is 5.47. The third kappa shape index (κ3) is 5.73. The molecule has 0 bridgehead atoms. The molecule has 0 aliphatic heterocycles. The van der Waals surface area contributed by atoms with Crippen molar-refractivity contribution in [2.45, 2.75) is 59.2 Å². The molecule has 1 aromatic heterocycles. The Labute approximate surface area is 196 Å². The second-order valence-electron chi connectivity index (χ2n) is 8.45. The van der Waals surface area contributed by atoms with Crippen molar-refractivity contribution in [1.82, 2.24) is 0 Å². The second-order valence-corrected chi connectivity index (χ2v) is 8.45. The summed E-state index contributed by atoms with van der Waals surface area (Å²) in [5, 5.41) is 10.4. The summed E-state index contributed by atoms with van der Waals surface area (Å²) in [7, 11) is 0. The van der Waals surface area contributed by atoms with Gasteiger partial charge in [0.2, 0.25) is 11.2 Å². The number of quaternary nitrogens is 1. The number of halogens is 3. The molecule has 5 nitrogen and oxygen atoms in total. The Morgan fingerprint density at radius 3 is 2.18 bits per heavy atom. The number of rotatable bonds is 10. The van der Waals surface area contributed by atoms with Crippen molar-refractivity contribution < 1.29 is 32.3 Å². The van der Waals surface area contributed by atoms with Gasteiger partial charge in [-0.05, 0) is 49.1 Å². The SMILES string of the molecule is CCCc1ccc(Oc2c(C(F)(F)F)oc3c(C[NH+](CCC)CCC)c(O)ccc3c2=O)cc1. The summed E-state index contributed by atoms with van der Waals surface area (Å²) in [4.78, 5) is 14.3. The number of phenolic OH excluding ortho intramolecular Hbond substituents is 1. The second kappa shape index (κ2) is 11.0. The first kappa shape index (κ1) is 25.6. The molecule has 34 heavy (non-hydrogen) atoms. The van der Waals surface area contributed by atoms with Gasteiger partial charge in [-0.15, -0.1) is 0 Å². The van der Waals surface area contributed by atoms with E-state index in [-0.39, 0.29) is 34.6 Å². The van der Waals surface area contributed by atoms with E-state index in [2.05, 4.69) is 0 Å². The van der Waals surface area contributed by atoms with Crippen LogP contribution in [0.15, 0.2) is 45.6 Å². The lowest BCUT2D eigenvalue weighted by atomic mass is 10.1. The molecule has 8 heteroatoms. The molecule has 0 fully saturated rings. The maximum Gasteiger partial charge on any atom is 0.453 e. The van der Waals surface area contributed by atoms with Gasteiger partial charge >= 0.3 is 6.18 Å². The Balaban J connectivity index is 2.14. The van der Waals surface area contributed by atoms with Gasteiger partial charge in [-0.2, -0.15) is 13.2 Å². The van der Waals surface area contributed by atoms with Gasteiger partial charge in [0.25, 0.3) is 5.76 Å². The maximum atomic E-state index is 14.0. The molecule has 0 spiro atoms. The van der Waals surface area contributed by atoms with Gasteiger partial charge < -0.3 is 19.2 Å². The van der Waals surface area contributed by atoms with Crippen molar-refractivity contribution in [2.24, 2.45) is 0 Å². The van der Waals surface area contributed by atoms with Gasteiger partial charge in [0.1, 0.15) is 18.0 Å². The van der Waals surface area contributed by atoms with Gasteiger partial charge in [0.15, 0.2) is 5.58 Å². The van der Waals surface area contributed by atoms with Crippen LogP contribution >= 0.6 is 0 Å². The fourth-order valence-corrected chi connectivity index (χ4v) is 4.13. The molecular formula is C26H31F3NO4+. The molecule has 1 heterocycles. The summed E-state index contributed by atoms with van der Waals surface area (Å²) in [6.45, 7) is 7.84. The first-order chi connectivity index (χ1) is 16.2. The Morgan fingerprint density at radius 2 is 1.62 bits per heavy atom. The molecular weight excluding hydrogens is 447 g/mol. The lowest BCUT2D eigenvalue weighted by molar-refractivity contribution is -0.913. The Hall–Kier alpha value is -3.00. The number of benzene rings is 2. The van der Waals surface area contributed by atoms with E-state index in [1.165, 1.54) is 24.3 Å². The van der Waals surface area contributed by atoms with Crippen molar-refractivity contribution in [3.05, 3.63) is 63.5 Å². The molecule has 0 unspecified atom stereocenters. The quantitative estimate of drug-likeness (QED) is 0.406. The number of nitrogens with one attached hydrogen (secondary N) is 1. The molecule has 0 amide bonds. The van der Waals surface area contributed by atoms with Crippen LogP contribution in [0.3, 0.4) is 0 Å². The van der Waals surface area contributed by atoms with E-state index in [9.17, 15) is 23.1 Å². The van der Waals surface area contributed by atoms with Crippen molar-refractivity contribution in [1.29, 1.82) is 0 Å². The minimum absolute atomic E-state index is 0.0641. The topological polar surface area (TPSA) is 64.1 Å². The zero-order valence-corrected chi connectivity index (χ0v) is 19.7. The lowest BCUT2D eigenvalue weighted by Crippen LogP contribution is -3.10. The fraction of sp³-hybridized carbons (Fsp3) is 0.423. The van der Waals surface area contributed by atoms with Gasteiger partial charge in [-0.1, -0.05) is 39.3 Å². The van der Waals surface area contributed by atoms with Crippen LogP contribution in [0.5, 0.6) is 17.2 Å². The average molecular weight is 479 g/mol. The summed E-state index contributed by atoms with van der Waals surface area (Å²) in [6.07, 6.45) is -1.47. The third-order valence-corrected chi connectivity index (χ3v) is 5.67. The van der Waals surface area contributed by atoms with Crippen LogP contribution in [0, 0.1) is 0 Å². The first-order valence-corrected chi connectivity index (χ1v) is 11.7. The van der Waals surface area contributed by atoms with E-state index >= 15 is 0 Å². The number of hydrogen-bond donors (Lipinski definition) is 2. The van der Waals surface area contributed by atoms with Crippen LogP contribution in [0.25, 0.3) is 11.0 Å². The normalized spacial score (nSPS) is 12.0. The standard InChI is InChI=1S/C26H30F3NO4/c1-4-7-17-8-10-18(11-9-17)33-24-22(32)19-12-13-21(31)20(16-30(14-5-2)15-6-3)23(19)34-25(24)26(27,28)29/h8-13,31H,4-7,14-16H2,1-3H3/p+1. The molecule has 2 N–H and O–H groups in total. The van der Waals surface area contributed by atoms with Crippen molar-refractivity contribution in [2.75, 3.05) is 13.1 Å². The summed E-state index contributed by atoms with van der Waals surface area (Å²) < 4.78 is 52.7. The highest BCUT2D eigenvalue weighted by atomic mass is 19.4. The Bertz CT molecular complexity index is 1160. The van der Waals surface area contributed by atoms with E-state index in [0.29, 0.717) is 0 Å². The molecule has 0 atom stereocenters. The number of aryl methyl sites for hydroxylation is 1. The highest BCUT2D eigenvalue weighted by Crippen LogP contribution is 2.39.